The lowest BCUT2D eigenvalue weighted by atomic mass is 9.97. The van der Waals surface area contributed by atoms with Crippen LogP contribution < -0.4 is 20.1 Å². The Morgan fingerprint density at radius 3 is 2.73 bits per heavy atom. The van der Waals surface area contributed by atoms with Crippen molar-refractivity contribution in [2.75, 3.05) is 26.1 Å². The van der Waals surface area contributed by atoms with E-state index in [4.69, 9.17) is 9.47 Å². The Morgan fingerprint density at radius 2 is 1.97 bits per heavy atom. The van der Waals surface area contributed by atoms with Crippen molar-refractivity contribution in [2.24, 2.45) is 0 Å². The van der Waals surface area contributed by atoms with Crippen LogP contribution in [0.2, 0.25) is 0 Å². The fourth-order valence-electron chi connectivity index (χ4n) is 3.97. The minimum atomic E-state index is -0.205. The zero-order valence-electron chi connectivity index (χ0n) is 18.9. The first-order chi connectivity index (χ1) is 16.1. The molecule has 7 heteroatoms. The van der Waals surface area contributed by atoms with Gasteiger partial charge in [0, 0.05) is 17.0 Å². The summed E-state index contributed by atoms with van der Waals surface area (Å²) < 4.78 is 10.6. The van der Waals surface area contributed by atoms with E-state index in [9.17, 15) is 9.59 Å². The Labute approximate surface area is 198 Å². The summed E-state index contributed by atoms with van der Waals surface area (Å²) in [6.07, 6.45) is 9.79. The van der Waals surface area contributed by atoms with Gasteiger partial charge in [-0.25, -0.2) is 0 Å². The number of amides is 2. The summed E-state index contributed by atoms with van der Waals surface area (Å²) in [6, 6.07) is 10.9. The molecular weight excluding hydrogens is 436 g/mol. The molecule has 33 heavy (non-hydrogen) atoms. The van der Waals surface area contributed by atoms with Gasteiger partial charge < -0.3 is 20.1 Å². The van der Waals surface area contributed by atoms with Crippen LogP contribution in [0.5, 0.6) is 11.5 Å². The van der Waals surface area contributed by atoms with Crippen LogP contribution >= 0.6 is 11.8 Å². The van der Waals surface area contributed by atoms with E-state index in [1.165, 1.54) is 30.2 Å². The minimum Gasteiger partial charge on any atom is -0.493 e. The Hall–Kier alpha value is -3.19. The third-order valence-corrected chi connectivity index (χ3v) is 6.85. The van der Waals surface area contributed by atoms with Crippen LogP contribution in [0.15, 0.2) is 57.8 Å². The van der Waals surface area contributed by atoms with Gasteiger partial charge in [0.2, 0.25) is 0 Å². The predicted octanol–water partition coefficient (Wildman–Crippen LogP) is 5.41. The first-order valence-corrected chi connectivity index (χ1v) is 11.9. The SMILES string of the molecule is COc1ccc(/C=C2/Sc3ccc(C(=O)NCCC4=CCCCC4)cc3NC2=O)cc1OC. The molecule has 4 rings (SSSR count). The molecular formula is C26H28N2O4S. The zero-order valence-corrected chi connectivity index (χ0v) is 19.7. The number of allylic oxidation sites excluding steroid dienone is 1. The molecule has 0 aromatic heterocycles. The van der Waals surface area contributed by atoms with Gasteiger partial charge >= 0.3 is 0 Å². The molecule has 0 bridgehead atoms. The fourth-order valence-corrected chi connectivity index (χ4v) is 4.90. The van der Waals surface area contributed by atoms with E-state index in [-0.39, 0.29) is 11.8 Å². The number of nitrogens with one attached hydrogen (secondary N) is 2. The number of hydrogen-bond acceptors (Lipinski definition) is 5. The quantitative estimate of drug-likeness (QED) is 0.423. The van der Waals surface area contributed by atoms with E-state index in [1.54, 1.807) is 32.4 Å². The maximum atomic E-state index is 12.7. The van der Waals surface area contributed by atoms with Crippen molar-refractivity contribution in [2.45, 2.75) is 37.0 Å². The average Bonchev–Trinajstić information content (AvgIpc) is 2.84. The Balaban J connectivity index is 1.43. The summed E-state index contributed by atoms with van der Waals surface area (Å²) in [7, 11) is 3.16. The number of benzene rings is 2. The molecule has 0 saturated carbocycles. The molecule has 2 aliphatic rings. The maximum absolute atomic E-state index is 12.7. The Morgan fingerprint density at radius 1 is 1.12 bits per heavy atom. The number of anilines is 1. The Kier molecular flexibility index (Phi) is 7.40. The van der Waals surface area contributed by atoms with E-state index in [1.807, 2.05) is 24.3 Å². The number of fused-ring (bicyclic) bond motifs is 1. The highest BCUT2D eigenvalue weighted by molar-refractivity contribution is 8.04. The highest BCUT2D eigenvalue weighted by atomic mass is 32.2. The molecule has 2 N–H and O–H groups in total. The topological polar surface area (TPSA) is 76.7 Å². The molecule has 1 aliphatic heterocycles. The van der Waals surface area contributed by atoms with E-state index < -0.39 is 0 Å². The van der Waals surface area contributed by atoms with Crippen LogP contribution in [0.25, 0.3) is 6.08 Å². The number of methoxy groups -OCH3 is 2. The van der Waals surface area contributed by atoms with Gasteiger partial charge in [-0.1, -0.05) is 29.5 Å². The third-order valence-electron chi connectivity index (χ3n) is 5.76. The predicted molar refractivity (Wildman–Crippen MR) is 132 cm³/mol. The van der Waals surface area contributed by atoms with Gasteiger partial charge in [-0.15, -0.1) is 0 Å². The first kappa shape index (κ1) is 23.0. The molecule has 0 spiro atoms. The zero-order chi connectivity index (χ0) is 23.2. The second kappa shape index (κ2) is 10.6. The van der Waals surface area contributed by atoms with Crippen LogP contribution in [0.1, 0.15) is 48.0 Å². The van der Waals surface area contributed by atoms with Gasteiger partial charge in [0.15, 0.2) is 11.5 Å². The second-order valence-corrected chi connectivity index (χ2v) is 9.09. The lowest BCUT2D eigenvalue weighted by Gasteiger charge is -2.19. The molecule has 2 aromatic carbocycles. The molecule has 1 heterocycles. The van der Waals surface area contributed by atoms with Crippen molar-refractivity contribution in [3.63, 3.8) is 0 Å². The summed E-state index contributed by atoms with van der Waals surface area (Å²) in [5.41, 5.74) is 3.46. The van der Waals surface area contributed by atoms with Gasteiger partial charge in [-0.05, 0) is 74.1 Å². The second-order valence-electron chi connectivity index (χ2n) is 8.00. The lowest BCUT2D eigenvalue weighted by Crippen LogP contribution is -2.25. The molecule has 0 saturated heterocycles. The van der Waals surface area contributed by atoms with E-state index in [0.717, 1.165) is 29.7 Å². The van der Waals surface area contributed by atoms with Crippen molar-refractivity contribution in [1.82, 2.24) is 5.32 Å². The lowest BCUT2D eigenvalue weighted by molar-refractivity contribution is -0.112. The number of ether oxygens (including phenoxy) is 2. The normalized spacial score (nSPS) is 16.5. The van der Waals surface area contributed by atoms with Crippen molar-refractivity contribution in [3.05, 3.63) is 64.1 Å². The fraction of sp³-hybridized carbons (Fsp3) is 0.308. The van der Waals surface area contributed by atoms with Crippen molar-refractivity contribution < 1.29 is 19.1 Å². The van der Waals surface area contributed by atoms with Gasteiger partial charge in [-0.3, -0.25) is 9.59 Å². The van der Waals surface area contributed by atoms with Crippen molar-refractivity contribution >= 4 is 35.3 Å². The van der Waals surface area contributed by atoms with Crippen LogP contribution in [0, 0.1) is 0 Å². The summed E-state index contributed by atoms with van der Waals surface area (Å²) in [4.78, 5) is 26.7. The summed E-state index contributed by atoms with van der Waals surface area (Å²) in [5.74, 6) is 0.903. The minimum absolute atomic E-state index is 0.125. The van der Waals surface area contributed by atoms with Crippen LogP contribution in [-0.2, 0) is 4.79 Å². The van der Waals surface area contributed by atoms with Gasteiger partial charge in [0.05, 0.1) is 24.8 Å². The van der Waals surface area contributed by atoms with E-state index in [0.29, 0.717) is 34.2 Å². The third kappa shape index (κ3) is 5.60. The standard InChI is InChI=1S/C26H28N2O4S/c1-31-21-10-8-18(14-22(21)32-2)15-24-26(30)28-20-16-19(9-11-23(20)33-24)25(29)27-13-12-17-6-4-3-5-7-17/h6,8-11,14-16H,3-5,7,12-13H2,1-2H3,(H,27,29)(H,28,30)/b24-15+. The summed E-state index contributed by atoms with van der Waals surface area (Å²) >= 11 is 1.38. The molecule has 0 atom stereocenters. The highest BCUT2D eigenvalue weighted by Gasteiger charge is 2.22. The van der Waals surface area contributed by atoms with Gasteiger partial charge in [0.1, 0.15) is 0 Å². The average molecular weight is 465 g/mol. The summed E-state index contributed by atoms with van der Waals surface area (Å²) in [6.45, 7) is 0.626. The highest BCUT2D eigenvalue weighted by Crippen LogP contribution is 2.40. The largest absolute Gasteiger partial charge is 0.493 e. The molecule has 0 fully saturated rings. The monoisotopic (exact) mass is 464 g/mol. The first-order valence-electron chi connectivity index (χ1n) is 11.1. The molecule has 2 amide bonds. The number of carbonyl (C=O) groups excluding carboxylic acids is 2. The molecule has 2 aromatic rings. The molecule has 1 aliphatic carbocycles. The van der Waals surface area contributed by atoms with Crippen LogP contribution in [-0.4, -0.2) is 32.6 Å². The van der Waals surface area contributed by atoms with E-state index >= 15 is 0 Å². The molecule has 6 nitrogen and oxygen atoms in total. The number of carbonyl (C=O) groups is 2. The number of rotatable bonds is 7. The van der Waals surface area contributed by atoms with Crippen LogP contribution in [0.4, 0.5) is 5.69 Å². The number of hydrogen-bond donors (Lipinski definition) is 2. The van der Waals surface area contributed by atoms with Gasteiger partial charge in [-0.2, -0.15) is 0 Å². The van der Waals surface area contributed by atoms with Crippen LogP contribution in [0.3, 0.4) is 0 Å². The smallest absolute Gasteiger partial charge is 0.262 e. The molecule has 0 radical (unpaired) electrons. The maximum Gasteiger partial charge on any atom is 0.262 e. The van der Waals surface area contributed by atoms with E-state index in [2.05, 4.69) is 16.7 Å². The molecule has 0 unspecified atom stereocenters. The van der Waals surface area contributed by atoms with Crippen molar-refractivity contribution in [1.29, 1.82) is 0 Å². The Bertz CT molecular complexity index is 1120. The van der Waals surface area contributed by atoms with Gasteiger partial charge in [0.25, 0.3) is 11.8 Å². The van der Waals surface area contributed by atoms with Crippen molar-refractivity contribution in [3.8, 4) is 11.5 Å². The molecule has 172 valence electrons. The number of thioether (sulfide) groups is 1. The summed E-state index contributed by atoms with van der Waals surface area (Å²) in [5, 5.41) is 5.90.